The van der Waals surface area contributed by atoms with Crippen LogP contribution in [0.2, 0.25) is 0 Å². The molecule has 0 saturated heterocycles. The van der Waals surface area contributed by atoms with Crippen LogP contribution in [0, 0.1) is 5.92 Å². The van der Waals surface area contributed by atoms with Gasteiger partial charge in [-0.05, 0) is 37.3 Å². The van der Waals surface area contributed by atoms with Crippen LogP contribution in [0.3, 0.4) is 0 Å². The topological polar surface area (TPSA) is 101 Å². The van der Waals surface area contributed by atoms with Crippen LogP contribution >= 0.6 is 0 Å². The molecule has 3 rings (SSSR count). The first-order valence-corrected chi connectivity index (χ1v) is 12.3. The van der Waals surface area contributed by atoms with E-state index in [1.165, 1.54) is 0 Å². The predicted octanol–water partition coefficient (Wildman–Crippen LogP) is 3.01. The number of carbonyl (C=O) groups is 3. The number of fused-ring (bicyclic) bond motifs is 1. The van der Waals surface area contributed by atoms with Gasteiger partial charge in [0.05, 0.1) is 24.1 Å². The first kappa shape index (κ1) is 27.1. The molecule has 0 spiro atoms. The van der Waals surface area contributed by atoms with Crippen LogP contribution in [-0.4, -0.2) is 78.5 Å². The van der Waals surface area contributed by atoms with Crippen molar-refractivity contribution in [2.24, 2.45) is 5.92 Å². The minimum atomic E-state index is -0.289. The number of nitrogens with zero attached hydrogens (tertiary/aromatic N) is 3. The summed E-state index contributed by atoms with van der Waals surface area (Å²) in [5, 5.41) is 2.80. The fourth-order valence-electron chi connectivity index (χ4n) is 4.21. The second-order valence-electron chi connectivity index (χ2n) is 9.25. The van der Waals surface area contributed by atoms with Gasteiger partial charge in [-0.25, -0.2) is 0 Å². The third-order valence-corrected chi connectivity index (χ3v) is 6.43. The first-order valence-electron chi connectivity index (χ1n) is 12.3. The molecule has 9 heteroatoms. The third kappa shape index (κ3) is 6.81. The van der Waals surface area contributed by atoms with Crippen molar-refractivity contribution in [1.82, 2.24) is 14.8 Å². The minimum absolute atomic E-state index is 0.0468. The van der Waals surface area contributed by atoms with Gasteiger partial charge in [0.15, 0.2) is 0 Å². The number of likely N-dealkylation sites (N-methyl/N-ethyl adjacent to an activating group) is 1. The van der Waals surface area contributed by atoms with Crippen molar-refractivity contribution in [3.8, 4) is 5.75 Å². The number of ether oxygens (including phenoxy) is 2. The van der Waals surface area contributed by atoms with E-state index < -0.39 is 0 Å². The molecule has 1 aliphatic rings. The number of methoxy groups -OCH3 is 1. The quantitative estimate of drug-likeness (QED) is 0.683. The van der Waals surface area contributed by atoms with Crippen molar-refractivity contribution in [1.29, 1.82) is 0 Å². The van der Waals surface area contributed by atoms with Crippen LogP contribution in [0.25, 0.3) is 0 Å². The van der Waals surface area contributed by atoms with Gasteiger partial charge in [0.1, 0.15) is 12.4 Å². The average molecular weight is 497 g/mol. The number of hydrogen-bond donors (Lipinski definition) is 1. The largest absolute Gasteiger partial charge is 0.491 e. The van der Waals surface area contributed by atoms with E-state index in [1.807, 2.05) is 36.9 Å². The van der Waals surface area contributed by atoms with Crippen molar-refractivity contribution in [2.45, 2.75) is 45.8 Å². The highest BCUT2D eigenvalue weighted by Crippen LogP contribution is 2.26. The molecule has 1 aromatic carbocycles. The highest BCUT2D eigenvalue weighted by atomic mass is 16.5. The zero-order chi connectivity index (χ0) is 26.2. The third-order valence-electron chi connectivity index (χ3n) is 6.43. The smallest absolute Gasteiger partial charge is 0.257 e. The van der Waals surface area contributed by atoms with Gasteiger partial charge in [-0.3, -0.25) is 19.4 Å². The Hall–Kier alpha value is -3.46. The number of nitrogens with one attached hydrogen (secondary N) is 1. The lowest BCUT2D eigenvalue weighted by Gasteiger charge is -2.36. The number of rotatable bonds is 5. The number of carbonyl (C=O) groups excluding carboxylic acids is 3. The van der Waals surface area contributed by atoms with Gasteiger partial charge < -0.3 is 24.6 Å². The molecule has 0 bridgehead atoms. The second kappa shape index (κ2) is 12.5. The molecule has 3 amide bonds. The normalized spacial score (nSPS) is 21.0. The van der Waals surface area contributed by atoms with E-state index in [1.54, 1.807) is 50.4 Å². The number of benzene rings is 1. The maximum atomic E-state index is 13.4. The van der Waals surface area contributed by atoms with Crippen LogP contribution in [0.4, 0.5) is 5.69 Å². The summed E-state index contributed by atoms with van der Waals surface area (Å²) >= 11 is 0. The number of amides is 3. The van der Waals surface area contributed by atoms with Crippen LogP contribution in [0.1, 0.15) is 43.2 Å². The molecular weight excluding hydrogens is 460 g/mol. The molecule has 2 aromatic rings. The molecule has 36 heavy (non-hydrogen) atoms. The number of hydrogen-bond acceptors (Lipinski definition) is 6. The number of pyridine rings is 1. The van der Waals surface area contributed by atoms with Gasteiger partial charge in [-0.2, -0.15) is 0 Å². The molecule has 0 radical (unpaired) electrons. The fourth-order valence-corrected chi connectivity index (χ4v) is 4.21. The lowest BCUT2D eigenvalue weighted by atomic mass is 10.0. The summed E-state index contributed by atoms with van der Waals surface area (Å²) in [5.74, 6) is -0.0786. The molecule has 0 aliphatic carbocycles. The maximum absolute atomic E-state index is 13.4. The van der Waals surface area contributed by atoms with E-state index in [2.05, 4.69) is 10.3 Å². The van der Waals surface area contributed by atoms with E-state index in [9.17, 15) is 14.4 Å². The molecule has 194 valence electrons. The molecule has 3 atom stereocenters. The van der Waals surface area contributed by atoms with Crippen molar-refractivity contribution in [3.05, 3.63) is 53.9 Å². The SMILES string of the molecule is CCC(=O)Nc1ccc2c(c1)C(=O)N(C)C[C@@H](OC)[C@H](C)CN(C(=O)Cc1ccccn1)[C@H](C)CO2. The number of anilines is 1. The molecule has 0 fully saturated rings. The zero-order valence-corrected chi connectivity index (χ0v) is 21.7. The van der Waals surface area contributed by atoms with Crippen LogP contribution in [0.5, 0.6) is 5.75 Å². The molecule has 9 nitrogen and oxygen atoms in total. The van der Waals surface area contributed by atoms with Gasteiger partial charge in [0.25, 0.3) is 5.91 Å². The maximum Gasteiger partial charge on any atom is 0.257 e. The van der Waals surface area contributed by atoms with Crippen molar-refractivity contribution >= 4 is 23.4 Å². The van der Waals surface area contributed by atoms with Crippen molar-refractivity contribution in [2.75, 3.05) is 39.2 Å². The lowest BCUT2D eigenvalue weighted by Crippen LogP contribution is -2.49. The van der Waals surface area contributed by atoms with Gasteiger partial charge in [0.2, 0.25) is 11.8 Å². The summed E-state index contributed by atoms with van der Waals surface area (Å²) in [4.78, 5) is 46.3. The Morgan fingerprint density at radius 1 is 1.19 bits per heavy atom. The zero-order valence-electron chi connectivity index (χ0n) is 21.7. The van der Waals surface area contributed by atoms with E-state index in [4.69, 9.17) is 9.47 Å². The van der Waals surface area contributed by atoms with Gasteiger partial charge in [-0.1, -0.05) is 19.9 Å². The highest BCUT2D eigenvalue weighted by molar-refractivity contribution is 5.99. The monoisotopic (exact) mass is 496 g/mol. The van der Waals surface area contributed by atoms with E-state index >= 15 is 0 Å². The summed E-state index contributed by atoms with van der Waals surface area (Å²) in [6, 6.07) is 10.3. The van der Waals surface area contributed by atoms with Crippen LogP contribution in [0.15, 0.2) is 42.6 Å². The Kier molecular flexibility index (Phi) is 9.41. The minimum Gasteiger partial charge on any atom is -0.491 e. The summed E-state index contributed by atoms with van der Waals surface area (Å²) in [5.41, 5.74) is 1.57. The van der Waals surface area contributed by atoms with Crippen molar-refractivity contribution < 1.29 is 23.9 Å². The molecule has 0 saturated carbocycles. The highest BCUT2D eigenvalue weighted by Gasteiger charge is 2.30. The molecule has 1 aromatic heterocycles. The number of aromatic nitrogens is 1. The summed E-state index contributed by atoms with van der Waals surface area (Å²) in [6.07, 6.45) is 1.90. The Labute approximate surface area is 212 Å². The Morgan fingerprint density at radius 2 is 1.97 bits per heavy atom. The Morgan fingerprint density at radius 3 is 2.64 bits per heavy atom. The van der Waals surface area contributed by atoms with Gasteiger partial charge in [-0.15, -0.1) is 0 Å². The first-order chi connectivity index (χ1) is 17.2. The average Bonchev–Trinajstić information content (AvgIpc) is 2.88. The Bertz CT molecular complexity index is 1060. The summed E-state index contributed by atoms with van der Waals surface area (Å²) in [6.45, 7) is 6.69. The summed E-state index contributed by atoms with van der Waals surface area (Å²) in [7, 11) is 3.32. The van der Waals surface area contributed by atoms with E-state index in [0.29, 0.717) is 42.2 Å². The van der Waals surface area contributed by atoms with E-state index in [-0.39, 0.29) is 48.8 Å². The molecular formula is C27H36N4O5. The van der Waals surface area contributed by atoms with Crippen LogP contribution < -0.4 is 10.1 Å². The molecule has 2 heterocycles. The summed E-state index contributed by atoms with van der Waals surface area (Å²) < 4.78 is 11.8. The molecule has 1 N–H and O–H groups in total. The predicted molar refractivity (Wildman–Crippen MR) is 137 cm³/mol. The van der Waals surface area contributed by atoms with Gasteiger partial charge >= 0.3 is 0 Å². The van der Waals surface area contributed by atoms with Crippen molar-refractivity contribution in [3.63, 3.8) is 0 Å². The van der Waals surface area contributed by atoms with Crippen LogP contribution in [-0.2, 0) is 20.7 Å². The molecule has 1 aliphatic heterocycles. The fraction of sp³-hybridized carbons (Fsp3) is 0.481. The lowest BCUT2D eigenvalue weighted by molar-refractivity contribution is -0.134. The standard InChI is InChI=1S/C27H36N4O5/c1-6-25(32)29-21-10-11-23-22(13-21)27(34)30(4)16-24(35-5)18(2)15-31(19(3)17-36-23)26(33)14-20-9-7-8-12-28-20/h7-13,18-19,24H,6,14-17H2,1-5H3,(H,29,32)/t18-,19-,24-/m1/s1. The second-order valence-corrected chi connectivity index (χ2v) is 9.25. The van der Waals surface area contributed by atoms with E-state index in [0.717, 1.165) is 0 Å². The Balaban J connectivity index is 1.93. The van der Waals surface area contributed by atoms with Gasteiger partial charge in [0, 0.05) is 57.2 Å². The molecule has 0 unspecified atom stereocenters.